The zero-order valence-electron chi connectivity index (χ0n) is 15.6. The molecule has 2 aromatic rings. The van der Waals surface area contributed by atoms with Gasteiger partial charge in [-0.2, -0.15) is 13.2 Å². The lowest BCUT2D eigenvalue weighted by atomic mass is 9.91. The number of urea groups is 1. The Hall–Kier alpha value is -2.23. The summed E-state index contributed by atoms with van der Waals surface area (Å²) in [6.07, 6.45) is -4.62. The van der Waals surface area contributed by atoms with E-state index in [0.717, 1.165) is 17.7 Å². The van der Waals surface area contributed by atoms with Gasteiger partial charge in [-0.3, -0.25) is 5.32 Å². The van der Waals surface area contributed by atoms with Gasteiger partial charge in [0.15, 0.2) is 0 Å². The Labute approximate surface area is 171 Å². The third-order valence-corrected chi connectivity index (χ3v) is 6.24. The van der Waals surface area contributed by atoms with Crippen molar-refractivity contribution in [2.24, 2.45) is 0 Å². The van der Waals surface area contributed by atoms with Crippen LogP contribution < -0.4 is 16.1 Å². The molecule has 2 heterocycles. The maximum atomic E-state index is 12.9. The number of hydrazine groups is 1. The summed E-state index contributed by atoms with van der Waals surface area (Å²) in [4.78, 5) is 12.6. The lowest BCUT2D eigenvalue weighted by molar-refractivity contribution is -0.137. The first-order valence-corrected chi connectivity index (χ1v) is 10.3. The summed E-state index contributed by atoms with van der Waals surface area (Å²) >= 11 is 1.36. The van der Waals surface area contributed by atoms with Gasteiger partial charge in [0.1, 0.15) is 11.7 Å². The molecule has 4 atom stereocenters. The number of benzene rings is 2. The van der Waals surface area contributed by atoms with Gasteiger partial charge in [-0.1, -0.05) is 48.5 Å². The van der Waals surface area contributed by atoms with Crippen LogP contribution in [0.1, 0.15) is 29.5 Å². The first-order valence-electron chi connectivity index (χ1n) is 9.27. The Morgan fingerprint density at radius 1 is 1.10 bits per heavy atom. The van der Waals surface area contributed by atoms with E-state index >= 15 is 0 Å². The molecule has 3 N–H and O–H groups in total. The third kappa shape index (κ3) is 4.22. The first kappa shape index (κ1) is 20.1. The minimum Gasteiger partial charge on any atom is -0.312 e. The lowest BCUT2D eigenvalue weighted by Crippen LogP contribution is -2.65. The molecule has 0 saturated carbocycles. The molecule has 0 spiro atoms. The van der Waals surface area contributed by atoms with E-state index in [2.05, 4.69) is 16.1 Å². The van der Waals surface area contributed by atoms with Gasteiger partial charge in [-0.15, -0.1) is 11.8 Å². The van der Waals surface area contributed by atoms with Gasteiger partial charge in [-0.05, 0) is 24.1 Å². The van der Waals surface area contributed by atoms with Gasteiger partial charge in [0.05, 0.1) is 5.56 Å². The van der Waals surface area contributed by atoms with E-state index in [1.165, 1.54) is 17.8 Å². The highest BCUT2D eigenvalue weighted by Gasteiger charge is 2.46. The van der Waals surface area contributed by atoms with E-state index in [-0.39, 0.29) is 24.2 Å². The molecule has 2 amide bonds. The second kappa shape index (κ2) is 7.89. The molecule has 29 heavy (non-hydrogen) atoms. The zero-order valence-corrected chi connectivity index (χ0v) is 16.4. The summed E-state index contributed by atoms with van der Waals surface area (Å²) in [7, 11) is 0. The van der Waals surface area contributed by atoms with Gasteiger partial charge < -0.3 is 5.32 Å². The second-order valence-corrected chi connectivity index (χ2v) is 8.27. The molecule has 2 aliphatic rings. The molecule has 4 unspecified atom stereocenters. The van der Waals surface area contributed by atoms with Crippen molar-refractivity contribution in [2.75, 3.05) is 0 Å². The van der Waals surface area contributed by atoms with Crippen molar-refractivity contribution in [3.05, 3.63) is 71.3 Å². The fraction of sp³-hybridized carbons (Fsp3) is 0.350. The van der Waals surface area contributed by atoms with Crippen molar-refractivity contribution in [1.29, 1.82) is 0 Å². The van der Waals surface area contributed by atoms with Crippen LogP contribution in [0.2, 0.25) is 0 Å². The fourth-order valence-electron chi connectivity index (χ4n) is 3.81. The van der Waals surface area contributed by atoms with Gasteiger partial charge in [0, 0.05) is 17.7 Å². The van der Waals surface area contributed by atoms with Crippen molar-refractivity contribution >= 4 is 17.8 Å². The molecule has 2 aromatic carbocycles. The molecular weight excluding hydrogens is 401 g/mol. The largest absolute Gasteiger partial charge is 0.416 e. The molecule has 0 aromatic heterocycles. The average molecular weight is 422 g/mol. The highest BCUT2D eigenvalue weighted by molar-refractivity contribution is 7.99. The van der Waals surface area contributed by atoms with E-state index in [9.17, 15) is 18.0 Å². The van der Waals surface area contributed by atoms with Crippen LogP contribution in [0.25, 0.3) is 0 Å². The van der Waals surface area contributed by atoms with Crippen LogP contribution in [0, 0.1) is 0 Å². The van der Waals surface area contributed by atoms with Gasteiger partial charge >= 0.3 is 12.2 Å². The Balaban J connectivity index is 1.46. The predicted molar refractivity (Wildman–Crippen MR) is 106 cm³/mol. The van der Waals surface area contributed by atoms with E-state index in [4.69, 9.17) is 0 Å². The van der Waals surface area contributed by atoms with Crippen LogP contribution >= 0.6 is 11.8 Å². The van der Waals surface area contributed by atoms with Gasteiger partial charge in [0.2, 0.25) is 0 Å². The molecule has 0 bridgehead atoms. The van der Waals surface area contributed by atoms with Crippen molar-refractivity contribution < 1.29 is 18.0 Å². The van der Waals surface area contributed by atoms with Gasteiger partial charge in [-0.25, -0.2) is 15.2 Å². The maximum Gasteiger partial charge on any atom is 0.416 e. The second-order valence-electron chi connectivity index (χ2n) is 7.17. The molecule has 0 aliphatic carbocycles. The average Bonchev–Trinajstić information content (AvgIpc) is 3.03. The van der Waals surface area contributed by atoms with E-state index in [1.807, 2.05) is 37.3 Å². The summed E-state index contributed by atoms with van der Waals surface area (Å²) in [5.74, 6) is 0.395. The number of halogens is 3. The van der Waals surface area contributed by atoms with Crippen LogP contribution in [0.5, 0.6) is 0 Å². The number of rotatable bonds is 4. The third-order valence-electron chi connectivity index (χ3n) is 5.15. The minimum absolute atomic E-state index is 0.0490. The monoisotopic (exact) mass is 422 g/mol. The molecule has 0 radical (unpaired) electrons. The van der Waals surface area contributed by atoms with Crippen LogP contribution in [0.4, 0.5) is 18.0 Å². The van der Waals surface area contributed by atoms with Crippen molar-refractivity contribution in [3.8, 4) is 0 Å². The number of amides is 2. The van der Waals surface area contributed by atoms with Gasteiger partial charge in [0.25, 0.3) is 0 Å². The molecule has 9 heteroatoms. The normalized spacial score (nSPS) is 26.9. The predicted octanol–water partition coefficient (Wildman–Crippen LogP) is 3.85. The van der Waals surface area contributed by atoms with E-state index in [1.54, 1.807) is 11.1 Å². The summed E-state index contributed by atoms with van der Waals surface area (Å²) in [5, 5.41) is 7.82. The zero-order chi connectivity index (χ0) is 20.6. The van der Waals surface area contributed by atoms with Crippen molar-refractivity contribution in [1.82, 2.24) is 21.1 Å². The maximum absolute atomic E-state index is 12.9. The quantitative estimate of drug-likeness (QED) is 0.701. The highest BCUT2D eigenvalue weighted by atomic mass is 32.2. The Bertz CT molecular complexity index is 880. The number of hydrogen-bond donors (Lipinski definition) is 3. The summed E-state index contributed by atoms with van der Waals surface area (Å²) in [5.41, 5.74) is 3.80. The number of hydrogen-bond acceptors (Lipinski definition) is 4. The van der Waals surface area contributed by atoms with E-state index in [0.29, 0.717) is 11.3 Å². The standard InChI is InChI=1S/C20H21F3N4OS/c1-12-16(14-7-3-2-4-8-14)17-24-18(25-19(28)27(17)26-12)29-11-13-6-5-9-15(10-13)20(21,22)23/h2-10,12,16-18,24,26H,11H2,1H3,(H,25,28). The molecule has 2 aliphatic heterocycles. The molecule has 2 fully saturated rings. The summed E-state index contributed by atoms with van der Waals surface area (Å²) in [6, 6.07) is 15.0. The minimum atomic E-state index is -4.37. The SMILES string of the molecule is CC1NN2C(=O)NC(SCc3cccc(C(F)(F)F)c3)NC2C1c1ccccc1. The number of carbonyl (C=O) groups is 1. The summed E-state index contributed by atoms with van der Waals surface area (Å²) in [6.45, 7) is 2.02. The van der Waals surface area contributed by atoms with Crippen molar-refractivity contribution in [2.45, 2.75) is 42.5 Å². The number of thioether (sulfide) groups is 1. The molecule has 5 nitrogen and oxygen atoms in total. The number of alkyl halides is 3. The van der Waals surface area contributed by atoms with Crippen LogP contribution in [0.3, 0.4) is 0 Å². The fourth-order valence-corrected chi connectivity index (χ4v) is 4.77. The van der Waals surface area contributed by atoms with Crippen LogP contribution in [-0.2, 0) is 11.9 Å². The Morgan fingerprint density at radius 2 is 1.86 bits per heavy atom. The topological polar surface area (TPSA) is 56.4 Å². The first-order chi connectivity index (χ1) is 13.8. The molecule has 4 rings (SSSR count). The summed E-state index contributed by atoms with van der Waals surface area (Å²) < 4.78 is 38.7. The highest BCUT2D eigenvalue weighted by Crippen LogP contribution is 2.34. The van der Waals surface area contributed by atoms with Crippen molar-refractivity contribution in [3.63, 3.8) is 0 Å². The lowest BCUT2D eigenvalue weighted by Gasteiger charge is -2.37. The molecule has 154 valence electrons. The number of nitrogens with one attached hydrogen (secondary N) is 3. The molecular formula is C20H21F3N4OS. The number of fused-ring (bicyclic) bond motifs is 1. The number of nitrogens with zero attached hydrogens (tertiary/aromatic N) is 1. The van der Waals surface area contributed by atoms with Crippen LogP contribution in [0.15, 0.2) is 54.6 Å². The smallest absolute Gasteiger partial charge is 0.312 e. The van der Waals surface area contributed by atoms with Crippen LogP contribution in [-0.4, -0.2) is 28.7 Å². The Morgan fingerprint density at radius 3 is 2.59 bits per heavy atom. The van der Waals surface area contributed by atoms with E-state index < -0.39 is 17.2 Å². The number of carbonyl (C=O) groups excluding carboxylic acids is 1. The Kier molecular flexibility index (Phi) is 5.46. The molecule has 2 saturated heterocycles.